The molecule has 0 amide bonds. The van der Waals surface area contributed by atoms with E-state index in [9.17, 15) is 22.0 Å². The van der Waals surface area contributed by atoms with Crippen LogP contribution < -0.4 is 4.74 Å². The Morgan fingerprint density at radius 2 is 2.11 bits per heavy atom. The minimum absolute atomic E-state index is 0.573. The molecule has 1 aromatic rings. The zero-order valence-corrected chi connectivity index (χ0v) is 9.65. The Balaban J connectivity index is 3.31. The van der Waals surface area contributed by atoms with E-state index in [4.69, 9.17) is 0 Å². The van der Waals surface area contributed by atoms with Crippen LogP contribution in [-0.4, -0.2) is 21.6 Å². The second kappa shape index (κ2) is 5.40. The summed E-state index contributed by atoms with van der Waals surface area (Å²) >= 11 is 4.21. The first-order valence-electron chi connectivity index (χ1n) is 4.39. The van der Waals surface area contributed by atoms with Crippen molar-refractivity contribution in [2.45, 2.75) is 19.3 Å². The molecule has 0 fully saturated rings. The molecule has 0 saturated carbocycles. The second-order valence-electron chi connectivity index (χ2n) is 3.04. The highest BCUT2D eigenvalue weighted by Crippen LogP contribution is 2.36. The number of thiocarbonyl (C=S) groups is 1. The number of hydrogen-bond donors (Lipinski definition) is 0. The van der Waals surface area contributed by atoms with Crippen molar-refractivity contribution in [1.29, 1.82) is 0 Å². The SMILES string of the molecule is Cn1nc(C(F)(F)F)c(CN=C=S)c1OC(F)F. The third-order valence-corrected chi connectivity index (χ3v) is 1.99. The number of ether oxygens (including phenoxy) is 1. The van der Waals surface area contributed by atoms with E-state index in [0.29, 0.717) is 4.68 Å². The number of isothiocyanates is 1. The van der Waals surface area contributed by atoms with E-state index in [0.717, 1.165) is 7.05 Å². The number of aryl methyl sites for hydroxylation is 1. The Labute approximate surface area is 103 Å². The lowest BCUT2D eigenvalue weighted by atomic mass is 10.2. The molecule has 0 radical (unpaired) electrons. The van der Waals surface area contributed by atoms with Crippen LogP contribution in [0.1, 0.15) is 11.3 Å². The molecule has 0 N–H and O–H groups in total. The summed E-state index contributed by atoms with van der Waals surface area (Å²) in [5, 5.41) is 4.94. The number of rotatable bonds is 4. The van der Waals surface area contributed by atoms with Crippen LogP contribution in [0.25, 0.3) is 0 Å². The van der Waals surface area contributed by atoms with Gasteiger partial charge in [0.05, 0.1) is 17.3 Å². The largest absolute Gasteiger partial charge is 0.435 e. The van der Waals surface area contributed by atoms with Gasteiger partial charge in [-0.2, -0.15) is 27.1 Å². The average Bonchev–Trinajstić information content (AvgIpc) is 2.52. The molecule has 1 heterocycles. The van der Waals surface area contributed by atoms with E-state index in [2.05, 4.69) is 27.0 Å². The standard InChI is InChI=1S/C8H6F5N3OS/c1-16-6(17-7(9)10)4(2-14-3-18)5(15-16)8(11,12)13/h7H,2H2,1H3. The summed E-state index contributed by atoms with van der Waals surface area (Å²) in [6, 6.07) is 0. The lowest BCUT2D eigenvalue weighted by Gasteiger charge is -2.07. The van der Waals surface area contributed by atoms with Gasteiger partial charge in [-0.15, -0.1) is 0 Å². The first-order valence-corrected chi connectivity index (χ1v) is 4.79. The topological polar surface area (TPSA) is 39.4 Å². The molecule has 0 aromatic carbocycles. The molecular formula is C8H6F5N3OS. The zero-order chi connectivity index (χ0) is 13.9. The molecule has 1 aromatic heterocycles. The van der Waals surface area contributed by atoms with Crippen molar-refractivity contribution in [3.05, 3.63) is 11.3 Å². The molecule has 100 valence electrons. The summed E-state index contributed by atoms with van der Waals surface area (Å²) in [6.07, 6.45) is -4.80. The van der Waals surface area contributed by atoms with Crippen molar-refractivity contribution in [1.82, 2.24) is 9.78 Å². The summed E-state index contributed by atoms with van der Waals surface area (Å²) in [7, 11) is 1.05. The van der Waals surface area contributed by atoms with E-state index in [1.807, 2.05) is 5.16 Å². The molecule has 0 aliphatic rings. The highest BCUT2D eigenvalue weighted by Gasteiger charge is 2.39. The van der Waals surface area contributed by atoms with Crippen LogP contribution in [0, 0.1) is 0 Å². The third-order valence-electron chi connectivity index (χ3n) is 1.86. The number of halogens is 5. The van der Waals surface area contributed by atoms with Crippen molar-refractivity contribution in [2.75, 3.05) is 0 Å². The van der Waals surface area contributed by atoms with Crippen molar-refractivity contribution in [3.63, 3.8) is 0 Å². The van der Waals surface area contributed by atoms with Gasteiger partial charge >= 0.3 is 12.8 Å². The van der Waals surface area contributed by atoms with E-state index in [1.54, 1.807) is 0 Å². The van der Waals surface area contributed by atoms with Gasteiger partial charge < -0.3 is 4.74 Å². The Morgan fingerprint density at radius 1 is 1.50 bits per heavy atom. The molecule has 10 heteroatoms. The van der Waals surface area contributed by atoms with E-state index in [-0.39, 0.29) is 0 Å². The first kappa shape index (κ1) is 14.5. The van der Waals surface area contributed by atoms with Gasteiger partial charge in [-0.1, -0.05) is 0 Å². The van der Waals surface area contributed by atoms with Gasteiger partial charge in [-0.3, -0.25) is 0 Å². The van der Waals surface area contributed by atoms with Gasteiger partial charge in [0.2, 0.25) is 5.88 Å². The Hall–Kier alpha value is -1.54. The Kier molecular flexibility index (Phi) is 4.36. The molecular weight excluding hydrogens is 281 g/mol. The fraction of sp³-hybridized carbons (Fsp3) is 0.500. The maximum Gasteiger partial charge on any atom is 0.435 e. The van der Waals surface area contributed by atoms with Crippen molar-refractivity contribution < 1.29 is 26.7 Å². The molecule has 1 rings (SSSR count). The molecule has 18 heavy (non-hydrogen) atoms. The molecule has 0 aliphatic heterocycles. The lowest BCUT2D eigenvalue weighted by Crippen LogP contribution is -2.09. The normalized spacial score (nSPS) is 11.5. The summed E-state index contributed by atoms with van der Waals surface area (Å²) in [4.78, 5) is 3.28. The molecule has 0 atom stereocenters. The second-order valence-corrected chi connectivity index (χ2v) is 3.22. The van der Waals surface area contributed by atoms with Gasteiger partial charge in [0.15, 0.2) is 5.69 Å². The highest BCUT2D eigenvalue weighted by atomic mass is 32.1. The molecule has 0 aliphatic carbocycles. The zero-order valence-electron chi connectivity index (χ0n) is 8.83. The van der Waals surface area contributed by atoms with Crippen molar-refractivity contribution in [3.8, 4) is 5.88 Å². The van der Waals surface area contributed by atoms with Crippen LogP contribution in [0.2, 0.25) is 0 Å². The predicted octanol–water partition coefficient (Wildman–Crippen LogP) is 2.64. The van der Waals surface area contributed by atoms with Crippen molar-refractivity contribution in [2.24, 2.45) is 12.0 Å². The molecule has 4 nitrogen and oxygen atoms in total. The lowest BCUT2D eigenvalue weighted by molar-refractivity contribution is -0.142. The fourth-order valence-electron chi connectivity index (χ4n) is 1.27. The van der Waals surface area contributed by atoms with Gasteiger partial charge in [0, 0.05) is 7.05 Å². The van der Waals surface area contributed by atoms with Gasteiger partial charge in [0.25, 0.3) is 0 Å². The number of nitrogens with zero attached hydrogens (tertiary/aromatic N) is 3. The Bertz CT molecular complexity index is 478. The maximum absolute atomic E-state index is 12.6. The van der Waals surface area contributed by atoms with Crippen LogP contribution >= 0.6 is 12.2 Å². The quantitative estimate of drug-likeness (QED) is 0.485. The summed E-state index contributed by atoms with van der Waals surface area (Å²) in [6.45, 7) is -3.86. The van der Waals surface area contributed by atoms with E-state index in [1.165, 1.54) is 0 Å². The van der Waals surface area contributed by atoms with Crippen molar-refractivity contribution >= 4 is 17.4 Å². The fourth-order valence-corrected chi connectivity index (χ4v) is 1.33. The smallest absolute Gasteiger partial charge is 0.417 e. The van der Waals surface area contributed by atoms with Gasteiger partial charge in [0.1, 0.15) is 0 Å². The van der Waals surface area contributed by atoms with Crippen LogP contribution in [0.15, 0.2) is 4.99 Å². The predicted molar refractivity (Wildman–Crippen MR) is 53.6 cm³/mol. The molecule has 0 unspecified atom stereocenters. The average molecular weight is 287 g/mol. The minimum atomic E-state index is -4.80. The summed E-state index contributed by atoms with van der Waals surface area (Å²) in [5.74, 6) is -0.702. The first-order chi connectivity index (χ1) is 8.27. The van der Waals surface area contributed by atoms with E-state index >= 15 is 0 Å². The molecule has 0 spiro atoms. The minimum Gasteiger partial charge on any atom is -0.417 e. The van der Waals surface area contributed by atoms with Crippen LogP contribution in [0.4, 0.5) is 22.0 Å². The van der Waals surface area contributed by atoms with E-state index < -0.39 is 36.5 Å². The number of alkyl halides is 5. The number of aromatic nitrogens is 2. The van der Waals surface area contributed by atoms with Crippen LogP contribution in [-0.2, 0) is 19.8 Å². The summed E-state index contributed by atoms with van der Waals surface area (Å²) in [5.41, 5.74) is -1.95. The van der Waals surface area contributed by atoms with Crippen LogP contribution in [0.5, 0.6) is 5.88 Å². The number of aliphatic imine (C=N–C) groups is 1. The van der Waals surface area contributed by atoms with Gasteiger partial charge in [-0.05, 0) is 12.2 Å². The molecule has 0 saturated heterocycles. The highest BCUT2D eigenvalue weighted by molar-refractivity contribution is 7.78. The molecule has 0 bridgehead atoms. The summed E-state index contributed by atoms with van der Waals surface area (Å²) < 4.78 is 66.6. The monoisotopic (exact) mass is 287 g/mol. The third kappa shape index (κ3) is 3.23. The Morgan fingerprint density at radius 3 is 2.56 bits per heavy atom. The number of hydrogen-bond acceptors (Lipinski definition) is 4. The maximum atomic E-state index is 12.6. The van der Waals surface area contributed by atoms with Gasteiger partial charge in [-0.25, -0.2) is 9.67 Å². The van der Waals surface area contributed by atoms with Crippen LogP contribution in [0.3, 0.4) is 0 Å².